The van der Waals surface area contributed by atoms with E-state index in [-0.39, 0.29) is 17.7 Å². The number of nitrogens with zero attached hydrogens (tertiary/aromatic N) is 1. The standard InChI is InChI=1S/C26H22ClNO4S/c1-2-31-23-14-20(10-13-22(23)32-17-19-6-4-3-5-7-19)15-24-25(29)28(26(30)33-24)16-18-8-11-21(27)12-9-18/h3-15H,2,16-17H2,1H3/b24-15-. The van der Waals surface area contributed by atoms with Crippen molar-refractivity contribution < 1.29 is 19.1 Å². The van der Waals surface area contributed by atoms with Crippen LogP contribution < -0.4 is 9.47 Å². The minimum atomic E-state index is -0.317. The van der Waals surface area contributed by atoms with Crippen LogP contribution >= 0.6 is 23.4 Å². The third kappa shape index (κ3) is 5.78. The third-order valence-corrected chi connectivity index (χ3v) is 6.09. The van der Waals surface area contributed by atoms with Crippen LogP contribution in [0.15, 0.2) is 77.7 Å². The Kier molecular flexibility index (Phi) is 7.37. The molecule has 0 aromatic heterocycles. The zero-order chi connectivity index (χ0) is 23.2. The number of carbonyl (C=O) groups excluding carboxylic acids is 2. The lowest BCUT2D eigenvalue weighted by Crippen LogP contribution is -2.27. The summed E-state index contributed by atoms with van der Waals surface area (Å²) in [5.41, 5.74) is 2.64. The summed E-state index contributed by atoms with van der Waals surface area (Å²) in [6.45, 7) is 3.00. The van der Waals surface area contributed by atoms with Gasteiger partial charge in [-0.25, -0.2) is 0 Å². The van der Waals surface area contributed by atoms with Gasteiger partial charge in [0.1, 0.15) is 6.61 Å². The molecule has 7 heteroatoms. The van der Waals surface area contributed by atoms with E-state index in [2.05, 4.69) is 0 Å². The lowest BCUT2D eigenvalue weighted by molar-refractivity contribution is -0.123. The summed E-state index contributed by atoms with van der Waals surface area (Å²) < 4.78 is 11.7. The van der Waals surface area contributed by atoms with E-state index in [1.807, 2.05) is 55.5 Å². The number of amides is 2. The molecule has 1 heterocycles. The van der Waals surface area contributed by atoms with Gasteiger partial charge in [-0.15, -0.1) is 0 Å². The Bertz CT molecular complexity index is 1180. The first-order valence-corrected chi connectivity index (χ1v) is 11.7. The highest BCUT2D eigenvalue weighted by atomic mass is 35.5. The van der Waals surface area contributed by atoms with E-state index in [1.165, 1.54) is 4.90 Å². The second kappa shape index (κ2) is 10.6. The maximum Gasteiger partial charge on any atom is 0.293 e. The molecule has 4 rings (SSSR count). The van der Waals surface area contributed by atoms with Crippen LogP contribution in [0.5, 0.6) is 11.5 Å². The van der Waals surface area contributed by atoms with Crippen molar-refractivity contribution in [2.45, 2.75) is 20.1 Å². The van der Waals surface area contributed by atoms with Crippen LogP contribution in [0.1, 0.15) is 23.6 Å². The number of halogens is 1. The molecule has 3 aromatic carbocycles. The summed E-state index contributed by atoms with van der Waals surface area (Å²) in [5.74, 6) is 0.888. The maximum atomic E-state index is 12.9. The van der Waals surface area contributed by atoms with Gasteiger partial charge in [0, 0.05) is 5.02 Å². The Hall–Kier alpha value is -3.22. The second-order valence-corrected chi connectivity index (χ2v) is 8.74. The van der Waals surface area contributed by atoms with Gasteiger partial charge in [0.25, 0.3) is 11.1 Å². The van der Waals surface area contributed by atoms with Gasteiger partial charge in [-0.05, 0) is 65.7 Å². The predicted molar refractivity (Wildman–Crippen MR) is 131 cm³/mol. The molecule has 1 aliphatic rings. The molecule has 0 saturated carbocycles. The fourth-order valence-electron chi connectivity index (χ4n) is 3.30. The van der Waals surface area contributed by atoms with Gasteiger partial charge in [-0.1, -0.05) is 60.1 Å². The van der Waals surface area contributed by atoms with E-state index in [0.717, 1.165) is 28.5 Å². The fourth-order valence-corrected chi connectivity index (χ4v) is 4.26. The number of thioether (sulfide) groups is 1. The third-order valence-electron chi connectivity index (χ3n) is 4.93. The lowest BCUT2D eigenvalue weighted by atomic mass is 10.1. The van der Waals surface area contributed by atoms with Crippen molar-refractivity contribution in [2.24, 2.45) is 0 Å². The summed E-state index contributed by atoms with van der Waals surface area (Å²) in [4.78, 5) is 26.9. The molecule has 0 atom stereocenters. The Morgan fingerprint density at radius 1 is 0.909 bits per heavy atom. The van der Waals surface area contributed by atoms with Crippen molar-refractivity contribution in [1.29, 1.82) is 0 Å². The second-order valence-electron chi connectivity index (χ2n) is 7.31. The number of benzene rings is 3. The molecular formula is C26H22ClNO4S. The molecule has 0 aliphatic carbocycles. The average molecular weight is 480 g/mol. The normalized spacial score (nSPS) is 14.7. The number of imide groups is 1. The molecule has 0 spiro atoms. The van der Waals surface area contributed by atoms with Gasteiger partial charge >= 0.3 is 0 Å². The van der Waals surface area contributed by atoms with Gasteiger partial charge in [-0.3, -0.25) is 14.5 Å². The Balaban J connectivity index is 1.50. The molecule has 33 heavy (non-hydrogen) atoms. The predicted octanol–water partition coefficient (Wildman–Crippen LogP) is 6.55. The van der Waals surface area contributed by atoms with Crippen LogP contribution in [0.25, 0.3) is 6.08 Å². The number of rotatable bonds is 8. The minimum Gasteiger partial charge on any atom is -0.490 e. The van der Waals surface area contributed by atoms with Gasteiger partial charge in [0.2, 0.25) is 0 Å². The van der Waals surface area contributed by atoms with Crippen LogP contribution in [0.4, 0.5) is 4.79 Å². The van der Waals surface area contributed by atoms with E-state index in [1.54, 1.807) is 30.3 Å². The fraction of sp³-hybridized carbons (Fsp3) is 0.154. The molecule has 3 aromatic rings. The van der Waals surface area contributed by atoms with Crippen molar-refractivity contribution in [2.75, 3.05) is 6.61 Å². The minimum absolute atomic E-state index is 0.204. The lowest BCUT2D eigenvalue weighted by Gasteiger charge is -2.13. The number of hydrogen-bond donors (Lipinski definition) is 0. The van der Waals surface area contributed by atoms with Crippen molar-refractivity contribution in [3.63, 3.8) is 0 Å². The van der Waals surface area contributed by atoms with Crippen molar-refractivity contribution in [3.05, 3.63) is 99.4 Å². The molecule has 0 bridgehead atoms. The largest absolute Gasteiger partial charge is 0.490 e. The molecule has 0 unspecified atom stereocenters. The first-order valence-electron chi connectivity index (χ1n) is 10.5. The Morgan fingerprint density at radius 3 is 2.39 bits per heavy atom. The number of carbonyl (C=O) groups is 2. The molecule has 168 valence electrons. The molecule has 0 N–H and O–H groups in total. The smallest absolute Gasteiger partial charge is 0.293 e. The summed E-state index contributed by atoms with van der Waals surface area (Å²) >= 11 is 6.85. The van der Waals surface area contributed by atoms with E-state index in [0.29, 0.717) is 34.6 Å². The van der Waals surface area contributed by atoms with Gasteiger partial charge < -0.3 is 9.47 Å². The molecule has 1 saturated heterocycles. The van der Waals surface area contributed by atoms with Crippen molar-refractivity contribution >= 4 is 40.6 Å². The van der Waals surface area contributed by atoms with E-state index < -0.39 is 0 Å². The highest BCUT2D eigenvalue weighted by molar-refractivity contribution is 8.18. The van der Waals surface area contributed by atoms with Crippen molar-refractivity contribution in [1.82, 2.24) is 4.90 Å². The van der Waals surface area contributed by atoms with Gasteiger partial charge in [0.15, 0.2) is 11.5 Å². The van der Waals surface area contributed by atoms with Crippen LogP contribution in [0.3, 0.4) is 0 Å². The molecule has 5 nitrogen and oxygen atoms in total. The molecule has 1 fully saturated rings. The highest BCUT2D eigenvalue weighted by Gasteiger charge is 2.35. The first-order chi connectivity index (χ1) is 16.0. The van der Waals surface area contributed by atoms with Crippen LogP contribution in [-0.4, -0.2) is 22.7 Å². The van der Waals surface area contributed by atoms with E-state index in [4.69, 9.17) is 21.1 Å². The monoisotopic (exact) mass is 479 g/mol. The molecule has 1 aliphatic heterocycles. The van der Waals surface area contributed by atoms with Crippen LogP contribution in [0.2, 0.25) is 5.02 Å². The first kappa shape index (κ1) is 23.0. The van der Waals surface area contributed by atoms with Crippen LogP contribution in [-0.2, 0) is 17.9 Å². The quantitative estimate of drug-likeness (QED) is 0.343. The van der Waals surface area contributed by atoms with E-state index in [9.17, 15) is 9.59 Å². The molecular weight excluding hydrogens is 458 g/mol. The summed E-state index contributed by atoms with van der Waals surface area (Å²) in [6, 6.07) is 22.4. The Labute approximate surface area is 202 Å². The highest BCUT2D eigenvalue weighted by Crippen LogP contribution is 2.35. The SMILES string of the molecule is CCOc1cc(/C=C2\SC(=O)N(Cc3ccc(Cl)cc3)C2=O)ccc1OCc1ccccc1. The molecule has 2 amide bonds. The average Bonchev–Trinajstić information content (AvgIpc) is 3.08. The maximum absolute atomic E-state index is 12.9. The van der Waals surface area contributed by atoms with Gasteiger partial charge in [-0.2, -0.15) is 0 Å². The zero-order valence-electron chi connectivity index (χ0n) is 18.0. The van der Waals surface area contributed by atoms with Crippen molar-refractivity contribution in [3.8, 4) is 11.5 Å². The van der Waals surface area contributed by atoms with Crippen LogP contribution in [0, 0.1) is 0 Å². The summed E-state index contributed by atoms with van der Waals surface area (Å²) in [7, 11) is 0. The number of ether oxygens (including phenoxy) is 2. The molecule has 0 radical (unpaired) electrons. The number of hydrogen-bond acceptors (Lipinski definition) is 5. The summed E-state index contributed by atoms with van der Waals surface area (Å²) in [6.07, 6.45) is 1.70. The van der Waals surface area contributed by atoms with E-state index >= 15 is 0 Å². The topological polar surface area (TPSA) is 55.8 Å². The Morgan fingerprint density at radius 2 is 1.67 bits per heavy atom. The van der Waals surface area contributed by atoms with Gasteiger partial charge in [0.05, 0.1) is 18.1 Å². The zero-order valence-corrected chi connectivity index (χ0v) is 19.6. The summed E-state index contributed by atoms with van der Waals surface area (Å²) in [5, 5.41) is 0.308.